The van der Waals surface area contributed by atoms with Crippen molar-refractivity contribution in [1.82, 2.24) is 0 Å². The molecule has 0 bridgehead atoms. The number of carbonyl (C=O) groups is 2. The molecule has 142 valence electrons. The van der Waals surface area contributed by atoms with Crippen LogP contribution in [0, 0.1) is 35.0 Å². The molecule has 1 aliphatic rings. The standard InChI is InChI=1S/C24H22O4/c1-27-22(25)24(23(26)28-2,19-11-17-21-14-8-5-9-15-21)18-10-16-20-12-6-3-4-7-13-20/h3-9,12-15,20H,18-19H2,1-2H3. The van der Waals surface area contributed by atoms with Gasteiger partial charge in [0.25, 0.3) is 0 Å². The molecule has 1 aromatic carbocycles. The van der Waals surface area contributed by atoms with Crippen LogP contribution >= 0.6 is 0 Å². The van der Waals surface area contributed by atoms with Crippen molar-refractivity contribution in [2.45, 2.75) is 12.8 Å². The Bertz CT molecular complexity index is 867. The molecule has 4 heteroatoms. The van der Waals surface area contributed by atoms with Crippen LogP contribution in [0.3, 0.4) is 0 Å². The van der Waals surface area contributed by atoms with Crippen molar-refractivity contribution in [3.05, 3.63) is 72.4 Å². The average molecular weight is 374 g/mol. The number of hydrogen-bond donors (Lipinski definition) is 0. The first-order valence-corrected chi connectivity index (χ1v) is 8.83. The van der Waals surface area contributed by atoms with Crippen molar-refractivity contribution < 1.29 is 19.1 Å². The van der Waals surface area contributed by atoms with Crippen molar-refractivity contribution in [3.63, 3.8) is 0 Å². The molecule has 4 nitrogen and oxygen atoms in total. The van der Waals surface area contributed by atoms with Gasteiger partial charge < -0.3 is 9.47 Å². The minimum absolute atomic E-state index is 0.0403. The molecule has 0 aromatic heterocycles. The summed E-state index contributed by atoms with van der Waals surface area (Å²) in [7, 11) is 2.47. The molecule has 0 heterocycles. The number of ether oxygens (including phenoxy) is 2. The second-order valence-electron chi connectivity index (χ2n) is 6.09. The summed E-state index contributed by atoms with van der Waals surface area (Å²) in [5.74, 6) is 10.4. The first kappa shape index (κ1) is 20.8. The van der Waals surface area contributed by atoms with Crippen LogP contribution in [0.4, 0.5) is 0 Å². The fraction of sp³-hybridized carbons (Fsp3) is 0.250. The zero-order valence-electron chi connectivity index (χ0n) is 16.0. The lowest BCUT2D eigenvalue weighted by Crippen LogP contribution is -2.40. The molecule has 0 saturated heterocycles. The number of esters is 2. The highest BCUT2D eigenvalue weighted by Gasteiger charge is 2.47. The van der Waals surface area contributed by atoms with E-state index in [0.29, 0.717) is 0 Å². The second-order valence-corrected chi connectivity index (χ2v) is 6.09. The minimum atomic E-state index is -1.59. The van der Waals surface area contributed by atoms with Crippen LogP contribution in [-0.2, 0) is 19.1 Å². The first-order chi connectivity index (χ1) is 13.6. The molecule has 0 atom stereocenters. The van der Waals surface area contributed by atoms with Gasteiger partial charge in [0, 0.05) is 18.4 Å². The Labute approximate surface area is 165 Å². The molecule has 0 unspecified atom stereocenters. The molecule has 1 aromatic rings. The second kappa shape index (κ2) is 10.6. The lowest BCUT2D eigenvalue weighted by Gasteiger charge is -2.24. The maximum absolute atomic E-state index is 12.5. The molecular weight excluding hydrogens is 352 g/mol. The molecular formula is C24H22O4. The summed E-state index contributed by atoms with van der Waals surface area (Å²) < 4.78 is 9.78. The van der Waals surface area contributed by atoms with Crippen LogP contribution in [0.5, 0.6) is 0 Å². The molecule has 0 fully saturated rings. The van der Waals surface area contributed by atoms with E-state index in [0.717, 1.165) is 5.56 Å². The molecule has 0 N–H and O–H groups in total. The van der Waals surface area contributed by atoms with Gasteiger partial charge in [0.05, 0.1) is 20.1 Å². The van der Waals surface area contributed by atoms with Crippen LogP contribution in [0.1, 0.15) is 18.4 Å². The van der Waals surface area contributed by atoms with E-state index in [1.165, 1.54) is 14.2 Å². The van der Waals surface area contributed by atoms with E-state index in [1.54, 1.807) is 0 Å². The van der Waals surface area contributed by atoms with Crippen molar-refractivity contribution >= 4 is 11.9 Å². The quantitative estimate of drug-likeness (QED) is 0.460. The number of allylic oxidation sites excluding steroid dienone is 6. The fourth-order valence-electron chi connectivity index (χ4n) is 2.62. The number of carbonyl (C=O) groups excluding carboxylic acids is 2. The maximum atomic E-state index is 12.5. The summed E-state index contributed by atoms with van der Waals surface area (Å²) in [6, 6.07) is 9.32. The summed E-state index contributed by atoms with van der Waals surface area (Å²) in [6.07, 6.45) is 11.4. The van der Waals surface area contributed by atoms with E-state index in [2.05, 4.69) is 23.7 Å². The van der Waals surface area contributed by atoms with Gasteiger partial charge in [-0.05, 0) is 12.1 Å². The Morgan fingerprint density at radius 1 is 0.893 bits per heavy atom. The number of hydrogen-bond acceptors (Lipinski definition) is 4. The summed E-state index contributed by atoms with van der Waals surface area (Å²) >= 11 is 0. The zero-order chi connectivity index (χ0) is 20.2. The van der Waals surface area contributed by atoms with Crippen molar-refractivity contribution in [3.8, 4) is 23.7 Å². The number of benzene rings is 1. The third kappa shape index (κ3) is 5.50. The summed E-state index contributed by atoms with van der Waals surface area (Å²) in [5.41, 5.74) is -0.798. The Kier molecular flexibility index (Phi) is 7.88. The van der Waals surface area contributed by atoms with Crippen LogP contribution < -0.4 is 0 Å². The van der Waals surface area contributed by atoms with Gasteiger partial charge in [-0.25, -0.2) is 0 Å². The lowest BCUT2D eigenvalue weighted by molar-refractivity contribution is -0.168. The zero-order valence-corrected chi connectivity index (χ0v) is 16.0. The monoisotopic (exact) mass is 374 g/mol. The lowest BCUT2D eigenvalue weighted by atomic mass is 9.81. The molecule has 28 heavy (non-hydrogen) atoms. The van der Waals surface area contributed by atoms with Crippen LogP contribution in [-0.4, -0.2) is 26.2 Å². The highest BCUT2D eigenvalue weighted by atomic mass is 16.5. The van der Waals surface area contributed by atoms with Crippen LogP contribution in [0.25, 0.3) is 0 Å². The molecule has 0 aliphatic heterocycles. The minimum Gasteiger partial charge on any atom is -0.468 e. The maximum Gasteiger partial charge on any atom is 0.325 e. The topological polar surface area (TPSA) is 52.6 Å². The van der Waals surface area contributed by atoms with E-state index in [9.17, 15) is 9.59 Å². The fourth-order valence-corrected chi connectivity index (χ4v) is 2.62. The predicted octanol–water partition coefficient (Wildman–Crippen LogP) is 3.45. The summed E-state index contributed by atoms with van der Waals surface area (Å²) in [5, 5.41) is 0. The Hall–Kier alpha value is -3.50. The Morgan fingerprint density at radius 3 is 2.04 bits per heavy atom. The van der Waals surface area contributed by atoms with Gasteiger partial charge >= 0.3 is 11.9 Å². The third-order valence-electron chi connectivity index (χ3n) is 4.18. The van der Waals surface area contributed by atoms with Crippen molar-refractivity contribution in [2.75, 3.05) is 14.2 Å². The van der Waals surface area contributed by atoms with Gasteiger partial charge in [-0.15, -0.1) is 5.92 Å². The number of rotatable bonds is 4. The average Bonchev–Trinajstić information content (AvgIpc) is 3.01. The van der Waals surface area contributed by atoms with Crippen LogP contribution in [0.2, 0.25) is 0 Å². The Balaban J connectivity index is 2.28. The summed E-state index contributed by atoms with van der Waals surface area (Å²) in [4.78, 5) is 25.0. The van der Waals surface area contributed by atoms with Gasteiger partial charge in [-0.1, -0.05) is 72.4 Å². The first-order valence-electron chi connectivity index (χ1n) is 8.83. The van der Waals surface area contributed by atoms with Gasteiger partial charge in [0.2, 0.25) is 0 Å². The van der Waals surface area contributed by atoms with Gasteiger partial charge in [-0.2, -0.15) is 0 Å². The van der Waals surface area contributed by atoms with E-state index in [4.69, 9.17) is 9.47 Å². The van der Waals surface area contributed by atoms with Crippen molar-refractivity contribution in [2.24, 2.45) is 11.3 Å². The van der Waals surface area contributed by atoms with Gasteiger partial charge in [0.1, 0.15) is 0 Å². The number of methoxy groups -OCH3 is 2. The highest BCUT2D eigenvalue weighted by molar-refractivity contribution is 6.00. The van der Waals surface area contributed by atoms with Gasteiger partial charge in [0.15, 0.2) is 5.41 Å². The SMILES string of the molecule is COC(=O)C(CC#Cc1ccccc1)(CC#CC1C=CC=CC=C1)C(=O)OC. The van der Waals surface area contributed by atoms with E-state index < -0.39 is 17.4 Å². The van der Waals surface area contributed by atoms with E-state index in [-0.39, 0.29) is 18.8 Å². The molecule has 1 aliphatic carbocycles. The van der Waals surface area contributed by atoms with Gasteiger partial charge in [-0.3, -0.25) is 9.59 Å². The largest absolute Gasteiger partial charge is 0.468 e. The molecule has 0 spiro atoms. The summed E-state index contributed by atoms with van der Waals surface area (Å²) in [6.45, 7) is 0. The highest BCUT2D eigenvalue weighted by Crippen LogP contribution is 2.30. The molecule has 2 rings (SSSR count). The van der Waals surface area contributed by atoms with E-state index in [1.807, 2.05) is 66.8 Å². The molecule has 0 radical (unpaired) electrons. The third-order valence-corrected chi connectivity index (χ3v) is 4.18. The van der Waals surface area contributed by atoms with E-state index >= 15 is 0 Å². The van der Waals surface area contributed by atoms with Crippen molar-refractivity contribution in [1.29, 1.82) is 0 Å². The predicted molar refractivity (Wildman–Crippen MR) is 108 cm³/mol. The Morgan fingerprint density at radius 2 is 1.46 bits per heavy atom. The van der Waals surface area contributed by atoms with Crippen LogP contribution in [0.15, 0.2) is 66.8 Å². The molecule has 0 amide bonds. The molecule has 0 saturated carbocycles. The normalized spacial score (nSPS) is 12.8. The smallest absolute Gasteiger partial charge is 0.325 e.